The Labute approximate surface area is 128 Å². The van der Waals surface area contributed by atoms with Gasteiger partial charge in [0.25, 0.3) is 0 Å². The largest absolute Gasteiger partial charge is 0.489 e. The van der Waals surface area contributed by atoms with Gasteiger partial charge in [0.1, 0.15) is 12.4 Å². The van der Waals surface area contributed by atoms with E-state index in [1.807, 2.05) is 24.3 Å². The normalized spacial score (nSPS) is 11.5. The molecule has 2 nitrogen and oxygen atoms in total. The SMILES string of the molecule is NCc1cc(OCc2ccc(Br)cc2)ccc1C(F)(F)F. The molecule has 0 aliphatic heterocycles. The molecule has 0 unspecified atom stereocenters. The predicted molar refractivity (Wildman–Crippen MR) is 77.8 cm³/mol. The van der Waals surface area contributed by atoms with Crippen molar-refractivity contribution >= 4 is 15.9 Å². The van der Waals surface area contributed by atoms with E-state index in [1.165, 1.54) is 12.1 Å². The minimum Gasteiger partial charge on any atom is -0.489 e. The molecular formula is C15H13BrF3NO. The number of halogens is 4. The lowest BCUT2D eigenvalue weighted by atomic mass is 10.1. The highest BCUT2D eigenvalue weighted by atomic mass is 79.9. The van der Waals surface area contributed by atoms with Gasteiger partial charge in [-0.05, 0) is 41.5 Å². The van der Waals surface area contributed by atoms with E-state index in [4.69, 9.17) is 10.5 Å². The summed E-state index contributed by atoms with van der Waals surface area (Å²) in [7, 11) is 0. The van der Waals surface area contributed by atoms with Gasteiger partial charge in [-0.2, -0.15) is 13.2 Å². The van der Waals surface area contributed by atoms with Crippen LogP contribution in [-0.4, -0.2) is 0 Å². The Hall–Kier alpha value is -1.53. The Morgan fingerprint density at radius 1 is 1.05 bits per heavy atom. The second-order valence-electron chi connectivity index (χ2n) is 4.44. The van der Waals surface area contributed by atoms with Gasteiger partial charge >= 0.3 is 6.18 Å². The van der Waals surface area contributed by atoms with E-state index >= 15 is 0 Å². The summed E-state index contributed by atoms with van der Waals surface area (Å²) >= 11 is 3.33. The number of nitrogens with two attached hydrogens (primary N) is 1. The third kappa shape index (κ3) is 4.22. The first-order valence-corrected chi connectivity index (χ1v) is 6.97. The summed E-state index contributed by atoms with van der Waals surface area (Å²) in [6, 6.07) is 11.1. The third-order valence-corrected chi connectivity index (χ3v) is 3.45. The lowest BCUT2D eigenvalue weighted by Crippen LogP contribution is -2.12. The van der Waals surface area contributed by atoms with Gasteiger partial charge in [-0.3, -0.25) is 0 Å². The van der Waals surface area contributed by atoms with Crippen molar-refractivity contribution in [3.63, 3.8) is 0 Å². The summed E-state index contributed by atoms with van der Waals surface area (Å²) < 4.78 is 44.7. The first-order chi connectivity index (χ1) is 9.90. The van der Waals surface area contributed by atoms with Crippen molar-refractivity contribution in [1.29, 1.82) is 0 Å². The van der Waals surface area contributed by atoms with Crippen molar-refractivity contribution in [1.82, 2.24) is 0 Å². The molecular weight excluding hydrogens is 347 g/mol. The van der Waals surface area contributed by atoms with Crippen molar-refractivity contribution in [2.75, 3.05) is 0 Å². The van der Waals surface area contributed by atoms with E-state index in [-0.39, 0.29) is 18.7 Å². The fourth-order valence-electron chi connectivity index (χ4n) is 1.85. The quantitative estimate of drug-likeness (QED) is 0.871. The predicted octanol–water partition coefficient (Wildman–Crippen LogP) is 4.51. The highest BCUT2D eigenvalue weighted by Gasteiger charge is 2.32. The first kappa shape index (κ1) is 15.9. The zero-order valence-corrected chi connectivity index (χ0v) is 12.5. The van der Waals surface area contributed by atoms with E-state index < -0.39 is 11.7 Å². The standard InChI is InChI=1S/C15H13BrF3NO/c16-12-3-1-10(2-4-12)9-21-13-5-6-14(15(17,18)19)11(7-13)8-20/h1-7H,8-9,20H2. The molecule has 2 rings (SSSR count). The van der Waals surface area contributed by atoms with Gasteiger partial charge in [-0.25, -0.2) is 0 Å². The maximum Gasteiger partial charge on any atom is 0.416 e. The summed E-state index contributed by atoms with van der Waals surface area (Å²) in [4.78, 5) is 0. The summed E-state index contributed by atoms with van der Waals surface area (Å²) in [5.41, 5.74) is 5.61. The number of alkyl halides is 3. The van der Waals surface area contributed by atoms with Gasteiger partial charge in [-0.15, -0.1) is 0 Å². The summed E-state index contributed by atoms with van der Waals surface area (Å²) in [6.45, 7) is 0.0903. The van der Waals surface area contributed by atoms with Crippen LogP contribution in [0.4, 0.5) is 13.2 Å². The first-order valence-electron chi connectivity index (χ1n) is 6.17. The smallest absolute Gasteiger partial charge is 0.416 e. The fourth-order valence-corrected chi connectivity index (χ4v) is 2.12. The number of benzene rings is 2. The molecule has 0 aliphatic rings. The fraction of sp³-hybridized carbons (Fsp3) is 0.200. The monoisotopic (exact) mass is 359 g/mol. The molecule has 0 saturated carbocycles. The van der Waals surface area contributed by atoms with Crippen molar-refractivity contribution in [3.05, 3.63) is 63.6 Å². The van der Waals surface area contributed by atoms with Gasteiger partial charge in [0.2, 0.25) is 0 Å². The van der Waals surface area contributed by atoms with E-state index in [0.717, 1.165) is 16.1 Å². The van der Waals surface area contributed by atoms with Crippen LogP contribution in [0.25, 0.3) is 0 Å². The van der Waals surface area contributed by atoms with Crippen LogP contribution in [0.2, 0.25) is 0 Å². The van der Waals surface area contributed by atoms with Crippen LogP contribution in [-0.2, 0) is 19.3 Å². The molecule has 0 radical (unpaired) electrons. The van der Waals surface area contributed by atoms with E-state index in [2.05, 4.69) is 15.9 Å². The van der Waals surface area contributed by atoms with Gasteiger partial charge in [0, 0.05) is 11.0 Å². The van der Waals surface area contributed by atoms with E-state index in [9.17, 15) is 13.2 Å². The molecule has 0 heterocycles. The van der Waals surface area contributed by atoms with Crippen LogP contribution >= 0.6 is 15.9 Å². The van der Waals surface area contributed by atoms with Crippen molar-refractivity contribution in [3.8, 4) is 5.75 Å². The van der Waals surface area contributed by atoms with Crippen LogP contribution in [0, 0.1) is 0 Å². The Kier molecular flexibility index (Phi) is 4.90. The Balaban J connectivity index is 2.12. The zero-order valence-electron chi connectivity index (χ0n) is 11.0. The lowest BCUT2D eigenvalue weighted by molar-refractivity contribution is -0.138. The number of hydrogen-bond donors (Lipinski definition) is 1. The summed E-state index contributed by atoms with van der Waals surface area (Å²) in [6.07, 6.45) is -4.40. The van der Waals surface area contributed by atoms with Crippen LogP contribution in [0.15, 0.2) is 46.9 Å². The lowest BCUT2D eigenvalue weighted by Gasteiger charge is -2.14. The Bertz CT molecular complexity index is 611. The number of ether oxygens (including phenoxy) is 1. The summed E-state index contributed by atoms with van der Waals surface area (Å²) in [5.74, 6) is 0.367. The average molecular weight is 360 g/mol. The van der Waals surface area contributed by atoms with Gasteiger partial charge in [-0.1, -0.05) is 28.1 Å². The van der Waals surface area contributed by atoms with E-state index in [0.29, 0.717) is 5.75 Å². The minimum absolute atomic E-state index is 0.0239. The van der Waals surface area contributed by atoms with Crippen LogP contribution < -0.4 is 10.5 Å². The molecule has 0 atom stereocenters. The zero-order chi connectivity index (χ0) is 15.5. The second kappa shape index (κ2) is 6.49. The van der Waals surface area contributed by atoms with Crippen LogP contribution in [0.3, 0.4) is 0 Å². The van der Waals surface area contributed by atoms with Gasteiger partial charge < -0.3 is 10.5 Å². The molecule has 0 aromatic heterocycles. The third-order valence-electron chi connectivity index (χ3n) is 2.92. The molecule has 0 spiro atoms. The second-order valence-corrected chi connectivity index (χ2v) is 5.35. The molecule has 112 valence electrons. The average Bonchev–Trinajstić information content (AvgIpc) is 2.45. The van der Waals surface area contributed by atoms with Crippen molar-refractivity contribution in [2.24, 2.45) is 5.73 Å². The molecule has 6 heteroatoms. The molecule has 0 fully saturated rings. The van der Waals surface area contributed by atoms with E-state index in [1.54, 1.807) is 0 Å². The molecule has 2 N–H and O–H groups in total. The molecule has 2 aromatic rings. The Morgan fingerprint density at radius 2 is 1.71 bits per heavy atom. The molecule has 2 aromatic carbocycles. The van der Waals surface area contributed by atoms with Crippen LogP contribution in [0.5, 0.6) is 5.75 Å². The molecule has 0 saturated heterocycles. The Morgan fingerprint density at radius 3 is 2.29 bits per heavy atom. The maximum atomic E-state index is 12.8. The number of hydrogen-bond acceptors (Lipinski definition) is 2. The maximum absolute atomic E-state index is 12.8. The molecule has 0 bridgehead atoms. The molecule has 0 amide bonds. The molecule has 0 aliphatic carbocycles. The van der Waals surface area contributed by atoms with Crippen molar-refractivity contribution < 1.29 is 17.9 Å². The minimum atomic E-state index is -4.40. The topological polar surface area (TPSA) is 35.2 Å². The van der Waals surface area contributed by atoms with Gasteiger partial charge in [0.05, 0.1) is 5.56 Å². The number of rotatable bonds is 4. The highest BCUT2D eigenvalue weighted by Crippen LogP contribution is 2.33. The highest BCUT2D eigenvalue weighted by molar-refractivity contribution is 9.10. The van der Waals surface area contributed by atoms with Crippen LogP contribution in [0.1, 0.15) is 16.7 Å². The van der Waals surface area contributed by atoms with Gasteiger partial charge in [0.15, 0.2) is 0 Å². The summed E-state index contributed by atoms with van der Waals surface area (Å²) in [5, 5.41) is 0. The van der Waals surface area contributed by atoms with Crippen molar-refractivity contribution in [2.45, 2.75) is 19.3 Å². The molecule has 21 heavy (non-hydrogen) atoms.